The number of carbonyl (C=O) groups is 2. The highest BCUT2D eigenvalue weighted by Gasteiger charge is 2.32. The number of amides is 2. The summed E-state index contributed by atoms with van der Waals surface area (Å²) in [6.07, 6.45) is -4.71. The molecule has 2 amide bonds. The molecule has 0 radical (unpaired) electrons. The zero-order chi connectivity index (χ0) is 14.8. The van der Waals surface area contributed by atoms with Crippen molar-refractivity contribution >= 4 is 31.6 Å². The van der Waals surface area contributed by atoms with Gasteiger partial charge in [0.05, 0.1) is 14.7 Å². The molecule has 0 aliphatic heterocycles. The first-order valence-electron chi connectivity index (χ1n) is 4.71. The summed E-state index contributed by atoms with van der Waals surface area (Å²) < 4.78 is 58.9. The van der Waals surface area contributed by atoms with Crippen LogP contribution in [-0.2, 0) is 17.1 Å². The van der Waals surface area contributed by atoms with E-state index in [0.717, 1.165) is 6.92 Å². The van der Waals surface area contributed by atoms with E-state index in [2.05, 4.69) is 0 Å². The monoisotopic (exact) mass is 389 g/mol. The molecular weight excluding hydrogens is 382 g/mol. The second-order valence-corrected chi connectivity index (χ2v) is 5.82. The Morgan fingerprint density at radius 1 is 1.21 bits per heavy atom. The van der Waals surface area contributed by atoms with Crippen LogP contribution in [0.15, 0.2) is 18.2 Å². The minimum atomic E-state index is -4.71. The summed E-state index contributed by atoms with van der Waals surface area (Å²) in [5, 5.41) is 1.74. The van der Waals surface area contributed by atoms with Gasteiger partial charge in [0.2, 0.25) is 5.91 Å². The predicted molar refractivity (Wildman–Crippen MR) is 63.7 cm³/mol. The number of imide groups is 1. The fourth-order valence-corrected chi connectivity index (χ4v) is 2.59. The van der Waals surface area contributed by atoms with Crippen LogP contribution in [0.2, 0.25) is 0 Å². The molecule has 1 rings (SSSR count). The highest BCUT2D eigenvalue weighted by Crippen LogP contribution is 2.32. The Balaban J connectivity index is 3.39. The SMILES string of the molecule is CC(=O)NC(=O)c1cc(C(F)(F)F)ccc1I(=O)=O. The van der Waals surface area contributed by atoms with E-state index in [9.17, 15) is 28.9 Å². The van der Waals surface area contributed by atoms with E-state index >= 15 is 0 Å². The van der Waals surface area contributed by atoms with E-state index in [0.29, 0.717) is 18.2 Å². The molecule has 0 unspecified atom stereocenters. The first-order chi connectivity index (χ1) is 8.62. The summed E-state index contributed by atoms with van der Waals surface area (Å²) in [6, 6.07) is 1.69. The summed E-state index contributed by atoms with van der Waals surface area (Å²) in [4.78, 5) is 22.2. The second-order valence-electron chi connectivity index (χ2n) is 3.42. The molecule has 9 heteroatoms. The molecule has 1 N–H and O–H groups in total. The molecule has 0 heterocycles. The fourth-order valence-electron chi connectivity index (χ4n) is 1.24. The quantitative estimate of drug-likeness (QED) is 0.788. The molecular formula is C10H7F3INO4. The summed E-state index contributed by atoms with van der Waals surface area (Å²) in [7, 11) is 0. The summed E-state index contributed by atoms with van der Waals surface area (Å²) >= 11 is -4.16. The van der Waals surface area contributed by atoms with Crippen LogP contribution in [-0.4, -0.2) is 11.8 Å². The van der Waals surface area contributed by atoms with Gasteiger partial charge in [-0.1, -0.05) is 0 Å². The Hall–Kier alpha value is -1.52. The standard InChI is InChI=1S/C10H7F3INO4/c1-5(16)15-9(17)7-4-6(10(11,12)13)2-3-8(7)14(18)19/h2-4H,1H3,(H,15,16,17). The molecule has 0 saturated carbocycles. The number of benzene rings is 1. The third kappa shape index (κ3) is 3.98. The van der Waals surface area contributed by atoms with Crippen molar-refractivity contribution in [1.82, 2.24) is 5.32 Å². The lowest BCUT2D eigenvalue weighted by Gasteiger charge is -2.09. The van der Waals surface area contributed by atoms with Crippen molar-refractivity contribution in [3.63, 3.8) is 0 Å². The number of alkyl halides is 3. The van der Waals surface area contributed by atoms with Gasteiger partial charge < -0.3 is 0 Å². The van der Waals surface area contributed by atoms with Crippen LogP contribution in [0, 0.1) is 3.57 Å². The smallest absolute Gasteiger partial charge is 0.293 e. The summed E-state index contributed by atoms with van der Waals surface area (Å²) in [5.41, 5.74) is -1.84. The van der Waals surface area contributed by atoms with Crippen LogP contribution in [0.4, 0.5) is 13.2 Å². The van der Waals surface area contributed by atoms with E-state index in [1.54, 1.807) is 5.32 Å². The molecule has 104 valence electrons. The first-order valence-corrected chi connectivity index (χ1v) is 7.55. The maximum Gasteiger partial charge on any atom is 0.416 e. The van der Waals surface area contributed by atoms with Crippen molar-refractivity contribution in [2.75, 3.05) is 0 Å². The molecule has 0 aliphatic rings. The molecule has 1 aromatic carbocycles. The minimum Gasteiger partial charge on any atom is -0.293 e. The summed E-state index contributed by atoms with van der Waals surface area (Å²) in [6.45, 7) is 0.982. The van der Waals surface area contributed by atoms with Crippen molar-refractivity contribution in [3.05, 3.63) is 32.9 Å². The number of nitrogens with one attached hydrogen (secondary N) is 1. The van der Waals surface area contributed by atoms with Crippen LogP contribution < -0.4 is 5.32 Å². The van der Waals surface area contributed by atoms with Crippen LogP contribution in [0.5, 0.6) is 0 Å². The van der Waals surface area contributed by atoms with Gasteiger partial charge in [0.15, 0.2) is 0 Å². The average Bonchev–Trinajstić information content (AvgIpc) is 2.25. The lowest BCUT2D eigenvalue weighted by molar-refractivity contribution is -0.137. The van der Waals surface area contributed by atoms with Crippen molar-refractivity contribution < 1.29 is 28.9 Å². The Bertz CT molecular complexity index is 599. The highest BCUT2D eigenvalue weighted by molar-refractivity contribution is 14.2. The van der Waals surface area contributed by atoms with Gasteiger partial charge in [-0.05, 0) is 18.2 Å². The maximum absolute atomic E-state index is 12.5. The van der Waals surface area contributed by atoms with Gasteiger partial charge in [-0.15, -0.1) is 0 Å². The molecule has 0 fully saturated rings. The van der Waals surface area contributed by atoms with Crippen LogP contribution in [0.25, 0.3) is 0 Å². The highest BCUT2D eigenvalue weighted by atomic mass is 127. The molecule has 0 aliphatic carbocycles. The van der Waals surface area contributed by atoms with Crippen molar-refractivity contribution in [1.29, 1.82) is 0 Å². The topological polar surface area (TPSA) is 80.3 Å². The van der Waals surface area contributed by atoms with Crippen molar-refractivity contribution in [3.8, 4) is 0 Å². The Kier molecular flexibility index (Phi) is 4.61. The zero-order valence-electron chi connectivity index (χ0n) is 9.38. The third-order valence-corrected chi connectivity index (χ3v) is 3.88. The van der Waals surface area contributed by atoms with Gasteiger partial charge in [0, 0.05) is 6.92 Å². The third-order valence-electron chi connectivity index (χ3n) is 1.99. The van der Waals surface area contributed by atoms with Gasteiger partial charge in [-0.3, -0.25) is 14.9 Å². The molecule has 0 spiro atoms. The lowest BCUT2D eigenvalue weighted by Crippen LogP contribution is -2.29. The summed E-state index contributed by atoms with van der Waals surface area (Å²) in [5.74, 6) is -1.98. The van der Waals surface area contributed by atoms with Crippen LogP contribution in [0.3, 0.4) is 0 Å². The van der Waals surface area contributed by atoms with Gasteiger partial charge in [-0.25, -0.2) is 6.14 Å². The zero-order valence-corrected chi connectivity index (χ0v) is 11.5. The molecule has 1 aromatic rings. The number of halogens is 4. The Morgan fingerprint density at radius 2 is 1.79 bits per heavy atom. The Labute approximate surface area is 112 Å². The number of rotatable bonds is 2. The predicted octanol–water partition coefficient (Wildman–Crippen LogP) is 2.35. The van der Waals surface area contributed by atoms with E-state index in [4.69, 9.17) is 0 Å². The first kappa shape index (κ1) is 15.5. The van der Waals surface area contributed by atoms with Crippen molar-refractivity contribution in [2.45, 2.75) is 13.1 Å². The maximum atomic E-state index is 12.5. The van der Waals surface area contributed by atoms with Crippen LogP contribution >= 0.6 is 19.8 Å². The largest absolute Gasteiger partial charge is 0.416 e. The average molecular weight is 389 g/mol. The van der Waals surface area contributed by atoms with E-state index in [1.807, 2.05) is 0 Å². The normalized spacial score (nSPS) is 11.4. The lowest BCUT2D eigenvalue weighted by atomic mass is 10.1. The van der Waals surface area contributed by atoms with Gasteiger partial charge in [-0.2, -0.15) is 13.2 Å². The molecule has 5 nitrogen and oxygen atoms in total. The van der Waals surface area contributed by atoms with Gasteiger partial charge >= 0.3 is 26.0 Å². The Morgan fingerprint density at radius 3 is 2.21 bits per heavy atom. The number of hydrogen-bond donors (Lipinski definition) is 1. The molecule has 0 bridgehead atoms. The molecule has 19 heavy (non-hydrogen) atoms. The number of carbonyl (C=O) groups excluding carboxylic acids is 2. The van der Waals surface area contributed by atoms with Gasteiger partial charge in [0.25, 0.3) is 5.91 Å². The molecule has 0 saturated heterocycles. The second kappa shape index (κ2) is 5.63. The molecule has 0 aromatic heterocycles. The molecule has 0 atom stereocenters. The van der Waals surface area contributed by atoms with Crippen LogP contribution in [0.1, 0.15) is 22.8 Å². The van der Waals surface area contributed by atoms with E-state index < -0.39 is 52.5 Å². The van der Waals surface area contributed by atoms with Gasteiger partial charge in [0.1, 0.15) is 0 Å². The van der Waals surface area contributed by atoms with E-state index in [-0.39, 0.29) is 0 Å². The fraction of sp³-hybridized carbons (Fsp3) is 0.200. The minimum absolute atomic E-state index is 0.411. The number of hydrogen-bond acceptors (Lipinski definition) is 4. The van der Waals surface area contributed by atoms with Crippen molar-refractivity contribution in [2.24, 2.45) is 0 Å². The van der Waals surface area contributed by atoms with E-state index in [1.165, 1.54) is 0 Å².